The molecule has 0 unspecified atom stereocenters. The summed E-state index contributed by atoms with van der Waals surface area (Å²) in [7, 11) is 3.66. The molecule has 2 N–H and O–H groups in total. The van der Waals surface area contributed by atoms with E-state index in [-0.39, 0.29) is 11.8 Å². The van der Waals surface area contributed by atoms with Crippen LogP contribution in [-0.4, -0.2) is 49.4 Å². The Kier molecular flexibility index (Phi) is 7.11. The van der Waals surface area contributed by atoms with Crippen molar-refractivity contribution in [3.05, 3.63) is 24.3 Å². The van der Waals surface area contributed by atoms with E-state index in [2.05, 4.69) is 10.6 Å². The van der Waals surface area contributed by atoms with E-state index in [1.807, 2.05) is 32.5 Å². The number of hydrogen-bond acceptors (Lipinski definition) is 4. The van der Waals surface area contributed by atoms with Crippen LogP contribution in [0.4, 0.5) is 11.4 Å². The first-order valence-electron chi connectivity index (χ1n) is 6.35. The number of carbonyl (C=O) groups excluding carboxylic acids is 2. The lowest BCUT2D eigenvalue weighted by Gasteiger charge is -2.14. The number of thioether (sulfide) groups is 1. The Morgan fingerprint density at radius 2 is 1.65 bits per heavy atom. The number of rotatable bonds is 7. The molecule has 0 aliphatic rings. The SMILES string of the molecule is CSCCC(=O)Nc1ccccc1NC(=O)CN(C)C. The van der Waals surface area contributed by atoms with Gasteiger partial charge in [0.15, 0.2) is 0 Å². The number of likely N-dealkylation sites (N-methyl/N-ethyl adjacent to an activating group) is 1. The van der Waals surface area contributed by atoms with Gasteiger partial charge in [0.05, 0.1) is 17.9 Å². The molecule has 0 saturated heterocycles. The van der Waals surface area contributed by atoms with Gasteiger partial charge in [-0.2, -0.15) is 11.8 Å². The third kappa shape index (κ3) is 6.08. The summed E-state index contributed by atoms with van der Waals surface area (Å²) in [6, 6.07) is 7.20. The molecule has 110 valence electrons. The van der Waals surface area contributed by atoms with Crippen molar-refractivity contribution in [1.82, 2.24) is 4.90 Å². The van der Waals surface area contributed by atoms with Crippen LogP contribution in [0.1, 0.15) is 6.42 Å². The minimum Gasteiger partial charge on any atom is -0.324 e. The molecule has 0 aliphatic heterocycles. The fourth-order valence-electron chi connectivity index (χ4n) is 1.59. The predicted molar refractivity (Wildman–Crippen MR) is 85.3 cm³/mol. The summed E-state index contributed by atoms with van der Waals surface area (Å²) in [5.74, 6) is 0.621. The normalized spacial score (nSPS) is 10.4. The first-order valence-corrected chi connectivity index (χ1v) is 7.74. The van der Waals surface area contributed by atoms with Gasteiger partial charge in [0.25, 0.3) is 0 Å². The lowest BCUT2D eigenvalue weighted by Crippen LogP contribution is -2.27. The average Bonchev–Trinajstić information content (AvgIpc) is 2.37. The van der Waals surface area contributed by atoms with Gasteiger partial charge in [-0.25, -0.2) is 0 Å². The van der Waals surface area contributed by atoms with Crippen LogP contribution < -0.4 is 10.6 Å². The van der Waals surface area contributed by atoms with Gasteiger partial charge < -0.3 is 15.5 Å². The van der Waals surface area contributed by atoms with Gasteiger partial charge in [-0.3, -0.25) is 9.59 Å². The number of anilines is 2. The third-order valence-electron chi connectivity index (χ3n) is 2.47. The topological polar surface area (TPSA) is 61.4 Å². The lowest BCUT2D eigenvalue weighted by molar-refractivity contribution is -0.117. The number of benzene rings is 1. The number of carbonyl (C=O) groups is 2. The van der Waals surface area contributed by atoms with Crippen LogP contribution in [0.5, 0.6) is 0 Å². The molecule has 5 nitrogen and oxygen atoms in total. The van der Waals surface area contributed by atoms with Crippen LogP contribution in [-0.2, 0) is 9.59 Å². The maximum Gasteiger partial charge on any atom is 0.238 e. The Labute approximate surface area is 124 Å². The first-order chi connectivity index (χ1) is 9.52. The Hall–Kier alpha value is -1.53. The Morgan fingerprint density at radius 1 is 1.10 bits per heavy atom. The quantitative estimate of drug-likeness (QED) is 0.806. The molecule has 0 aliphatic carbocycles. The number of para-hydroxylation sites is 2. The van der Waals surface area contributed by atoms with Crippen molar-refractivity contribution >= 4 is 35.0 Å². The zero-order valence-electron chi connectivity index (χ0n) is 12.1. The van der Waals surface area contributed by atoms with Crippen molar-refractivity contribution in [1.29, 1.82) is 0 Å². The van der Waals surface area contributed by atoms with Crippen molar-refractivity contribution in [2.24, 2.45) is 0 Å². The van der Waals surface area contributed by atoms with E-state index < -0.39 is 0 Å². The molecular formula is C14H21N3O2S. The highest BCUT2D eigenvalue weighted by molar-refractivity contribution is 7.98. The van der Waals surface area contributed by atoms with Gasteiger partial charge in [0, 0.05) is 12.2 Å². The monoisotopic (exact) mass is 295 g/mol. The smallest absolute Gasteiger partial charge is 0.238 e. The second kappa shape index (κ2) is 8.60. The predicted octanol–water partition coefficient (Wildman–Crippen LogP) is 1.88. The molecule has 1 aromatic rings. The van der Waals surface area contributed by atoms with Crippen molar-refractivity contribution in [2.45, 2.75) is 6.42 Å². The highest BCUT2D eigenvalue weighted by Crippen LogP contribution is 2.21. The van der Waals surface area contributed by atoms with Gasteiger partial charge >= 0.3 is 0 Å². The largest absolute Gasteiger partial charge is 0.324 e. The molecular weight excluding hydrogens is 274 g/mol. The Balaban J connectivity index is 2.68. The second-order valence-corrected chi connectivity index (χ2v) is 5.61. The van der Waals surface area contributed by atoms with E-state index in [1.54, 1.807) is 28.8 Å². The van der Waals surface area contributed by atoms with Crippen LogP contribution in [0, 0.1) is 0 Å². The summed E-state index contributed by atoms with van der Waals surface area (Å²) >= 11 is 1.63. The zero-order chi connectivity index (χ0) is 15.0. The summed E-state index contributed by atoms with van der Waals surface area (Å²) in [5.41, 5.74) is 1.25. The summed E-state index contributed by atoms with van der Waals surface area (Å²) < 4.78 is 0. The second-order valence-electron chi connectivity index (χ2n) is 4.62. The van der Waals surface area contributed by atoms with Gasteiger partial charge in [-0.1, -0.05) is 12.1 Å². The molecule has 6 heteroatoms. The van der Waals surface area contributed by atoms with Gasteiger partial charge in [0.1, 0.15) is 0 Å². The molecule has 0 heterocycles. The molecule has 0 spiro atoms. The molecule has 0 bridgehead atoms. The summed E-state index contributed by atoms with van der Waals surface area (Å²) in [4.78, 5) is 25.3. The standard InChI is InChI=1S/C14H21N3O2S/c1-17(2)10-14(19)16-12-7-5-4-6-11(12)15-13(18)8-9-20-3/h4-7H,8-10H2,1-3H3,(H,15,18)(H,16,19). The minimum absolute atomic E-state index is 0.0475. The van der Waals surface area contributed by atoms with Crippen LogP contribution >= 0.6 is 11.8 Å². The Morgan fingerprint density at radius 3 is 2.15 bits per heavy atom. The molecule has 2 amide bonds. The molecule has 0 saturated carbocycles. The fraction of sp³-hybridized carbons (Fsp3) is 0.429. The van der Waals surface area contributed by atoms with E-state index in [1.165, 1.54) is 0 Å². The molecule has 20 heavy (non-hydrogen) atoms. The lowest BCUT2D eigenvalue weighted by atomic mass is 10.2. The molecule has 0 radical (unpaired) electrons. The van der Waals surface area contributed by atoms with Crippen molar-refractivity contribution < 1.29 is 9.59 Å². The van der Waals surface area contributed by atoms with Crippen LogP contribution in [0.3, 0.4) is 0 Å². The molecule has 1 rings (SSSR count). The summed E-state index contributed by atoms with van der Waals surface area (Å²) in [5, 5.41) is 5.63. The molecule has 0 fully saturated rings. The fourth-order valence-corrected chi connectivity index (χ4v) is 1.98. The highest BCUT2D eigenvalue weighted by atomic mass is 32.2. The third-order valence-corrected chi connectivity index (χ3v) is 3.08. The van der Waals surface area contributed by atoms with E-state index >= 15 is 0 Å². The van der Waals surface area contributed by atoms with Crippen molar-refractivity contribution in [3.8, 4) is 0 Å². The minimum atomic E-state index is -0.110. The van der Waals surface area contributed by atoms with Gasteiger partial charge in [-0.15, -0.1) is 0 Å². The molecule has 0 atom stereocenters. The van der Waals surface area contributed by atoms with E-state index in [0.29, 0.717) is 24.3 Å². The van der Waals surface area contributed by atoms with E-state index in [4.69, 9.17) is 0 Å². The van der Waals surface area contributed by atoms with Crippen LogP contribution in [0.2, 0.25) is 0 Å². The molecule has 1 aromatic carbocycles. The van der Waals surface area contributed by atoms with E-state index in [0.717, 1.165) is 5.75 Å². The van der Waals surface area contributed by atoms with Gasteiger partial charge in [-0.05, 0) is 32.5 Å². The highest BCUT2D eigenvalue weighted by Gasteiger charge is 2.09. The van der Waals surface area contributed by atoms with E-state index in [9.17, 15) is 9.59 Å². The maximum atomic E-state index is 11.8. The molecule has 0 aromatic heterocycles. The van der Waals surface area contributed by atoms with Crippen LogP contribution in [0.15, 0.2) is 24.3 Å². The average molecular weight is 295 g/mol. The Bertz CT molecular complexity index is 463. The maximum absolute atomic E-state index is 11.8. The number of nitrogens with one attached hydrogen (secondary N) is 2. The van der Waals surface area contributed by atoms with Crippen molar-refractivity contribution in [3.63, 3.8) is 0 Å². The van der Waals surface area contributed by atoms with Crippen LogP contribution in [0.25, 0.3) is 0 Å². The summed E-state index contributed by atoms with van der Waals surface area (Å²) in [6.07, 6.45) is 2.42. The van der Waals surface area contributed by atoms with Crippen molar-refractivity contribution in [2.75, 3.05) is 43.3 Å². The number of hydrogen-bond donors (Lipinski definition) is 2. The zero-order valence-corrected chi connectivity index (χ0v) is 12.9. The van der Waals surface area contributed by atoms with Gasteiger partial charge in [0.2, 0.25) is 11.8 Å². The summed E-state index contributed by atoms with van der Waals surface area (Å²) in [6.45, 7) is 0.300. The number of nitrogens with zero attached hydrogens (tertiary/aromatic N) is 1. The number of amides is 2. The first kappa shape index (κ1) is 16.5.